The fraction of sp³-hybridized carbons (Fsp3) is 0.296. The van der Waals surface area contributed by atoms with Gasteiger partial charge in [-0.05, 0) is 43.9 Å². The van der Waals surface area contributed by atoms with Crippen molar-refractivity contribution in [2.45, 2.75) is 21.6 Å². The van der Waals surface area contributed by atoms with Crippen molar-refractivity contribution in [3.63, 3.8) is 0 Å². The molecule has 0 saturated heterocycles. The predicted molar refractivity (Wildman–Crippen MR) is 141 cm³/mol. The Bertz CT molecular complexity index is 1460. The lowest BCUT2D eigenvalue weighted by Crippen LogP contribution is -2.39. The van der Waals surface area contributed by atoms with Crippen LogP contribution in [-0.4, -0.2) is 72.1 Å². The lowest BCUT2D eigenvalue weighted by Gasteiger charge is -2.25. The number of likely N-dealkylation sites (N-methyl/N-ethyl adjacent to an activating group) is 1. The van der Waals surface area contributed by atoms with Gasteiger partial charge in [0.05, 0.1) is 15.5 Å². The largest absolute Gasteiger partial charge is 0.483 e. The minimum atomic E-state index is -4.02. The summed E-state index contributed by atoms with van der Waals surface area (Å²) >= 11 is 0. The highest BCUT2D eigenvalue weighted by atomic mass is 32.2. The lowest BCUT2D eigenvalue weighted by atomic mass is 10.1. The number of nitrogens with zero attached hydrogens (tertiary/aromatic N) is 2. The second-order valence-electron chi connectivity index (χ2n) is 9.19. The number of sulfone groups is 2. The quantitative estimate of drug-likeness (QED) is 0.388. The summed E-state index contributed by atoms with van der Waals surface area (Å²) in [6.45, 7) is 1.16. The third-order valence-corrected chi connectivity index (χ3v) is 10.3. The van der Waals surface area contributed by atoms with Crippen LogP contribution in [0, 0.1) is 0 Å². The van der Waals surface area contributed by atoms with Crippen LogP contribution in [0.2, 0.25) is 0 Å². The molecular formula is C27H30N2O6S2. The lowest BCUT2D eigenvalue weighted by molar-refractivity contribution is -0.134. The standard InChI is InChI=1S/C27H30N2O6S2/c1-28(2)16-17-29(18-21-10-5-3-6-11-21)26(30)19-35-23-14-9-15-24-27(23)25(20-36(24,31)32)37(33,34)22-12-7-4-8-13-22/h3-15,25H,16-20H2,1-2H3. The Balaban J connectivity index is 1.61. The van der Waals surface area contributed by atoms with Crippen LogP contribution < -0.4 is 4.74 Å². The van der Waals surface area contributed by atoms with E-state index in [0.717, 1.165) is 5.56 Å². The topological polar surface area (TPSA) is 101 Å². The van der Waals surface area contributed by atoms with E-state index in [0.29, 0.717) is 19.6 Å². The molecule has 37 heavy (non-hydrogen) atoms. The molecule has 0 fully saturated rings. The highest BCUT2D eigenvalue weighted by molar-refractivity contribution is 7.96. The molecule has 0 N–H and O–H groups in total. The molecule has 1 atom stereocenters. The first-order valence-electron chi connectivity index (χ1n) is 11.8. The molecule has 8 nitrogen and oxygen atoms in total. The Hall–Kier alpha value is -3.21. The van der Waals surface area contributed by atoms with Crippen molar-refractivity contribution in [3.8, 4) is 5.75 Å². The van der Waals surface area contributed by atoms with Crippen molar-refractivity contribution >= 4 is 25.6 Å². The minimum absolute atomic E-state index is 0.0339. The van der Waals surface area contributed by atoms with Gasteiger partial charge in [0, 0.05) is 25.2 Å². The fourth-order valence-corrected chi connectivity index (χ4v) is 8.63. The van der Waals surface area contributed by atoms with Crippen LogP contribution in [0.25, 0.3) is 0 Å². The zero-order valence-electron chi connectivity index (χ0n) is 20.8. The number of carbonyl (C=O) groups excluding carboxylic acids is 1. The normalized spacial score (nSPS) is 16.4. The van der Waals surface area contributed by atoms with E-state index in [1.165, 1.54) is 30.3 Å². The minimum Gasteiger partial charge on any atom is -0.483 e. The van der Waals surface area contributed by atoms with Gasteiger partial charge in [0.25, 0.3) is 5.91 Å². The Morgan fingerprint density at radius 3 is 2.22 bits per heavy atom. The summed E-state index contributed by atoms with van der Waals surface area (Å²) in [4.78, 5) is 16.8. The number of carbonyl (C=O) groups is 1. The number of hydrogen-bond acceptors (Lipinski definition) is 7. The van der Waals surface area contributed by atoms with E-state index in [9.17, 15) is 21.6 Å². The fourth-order valence-electron chi connectivity index (χ4n) is 4.28. The average molecular weight is 543 g/mol. The van der Waals surface area contributed by atoms with Gasteiger partial charge in [0.2, 0.25) is 0 Å². The molecular weight excluding hydrogens is 512 g/mol. The van der Waals surface area contributed by atoms with Crippen molar-refractivity contribution in [1.82, 2.24) is 9.80 Å². The number of rotatable bonds is 10. The van der Waals surface area contributed by atoms with Gasteiger partial charge >= 0.3 is 0 Å². The monoisotopic (exact) mass is 542 g/mol. The highest BCUT2D eigenvalue weighted by Gasteiger charge is 2.45. The first kappa shape index (κ1) is 26.8. The number of amides is 1. The number of fused-ring (bicyclic) bond motifs is 1. The third-order valence-electron chi connectivity index (χ3n) is 6.24. The smallest absolute Gasteiger partial charge is 0.260 e. The molecule has 1 amide bonds. The molecule has 1 aliphatic rings. The van der Waals surface area contributed by atoms with E-state index in [-0.39, 0.29) is 33.6 Å². The Morgan fingerprint density at radius 1 is 0.919 bits per heavy atom. The molecule has 0 radical (unpaired) electrons. The summed E-state index contributed by atoms with van der Waals surface area (Å²) in [5.74, 6) is -0.771. The van der Waals surface area contributed by atoms with Crippen LogP contribution in [0.15, 0.2) is 88.7 Å². The van der Waals surface area contributed by atoms with Gasteiger partial charge in [0.15, 0.2) is 26.3 Å². The maximum absolute atomic E-state index is 13.4. The second kappa shape index (κ2) is 11.0. The van der Waals surface area contributed by atoms with Crippen molar-refractivity contribution in [2.75, 3.05) is 39.5 Å². The van der Waals surface area contributed by atoms with Crippen LogP contribution in [0.4, 0.5) is 0 Å². The zero-order chi connectivity index (χ0) is 26.6. The van der Waals surface area contributed by atoms with Gasteiger partial charge in [-0.15, -0.1) is 0 Å². The summed E-state index contributed by atoms with van der Waals surface area (Å²) in [6.07, 6.45) is 0. The van der Waals surface area contributed by atoms with Crippen molar-refractivity contribution in [1.29, 1.82) is 0 Å². The molecule has 1 heterocycles. The van der Waals surface area contributed by atoms with Gasteiger partial charge in [-0.1, -0.05) is 54.6 Å². The summed E-state index contributed by atoms with van der Waals surface area (Å²) in [5, 5.41) is -1.32. The number of hydrogen-bond donors (Lipinski definition) is 0. The molecule has 3 aromatic carbocycles. The predicted octanol–water partition coefficient (Wildman–Crippen LogP) is 2.96. The van der Waals surface area contributed by atoms with Crippen LogP contribution >= 0.6 is 0 Å². The number of ether oxygens (including phenoxy) is 1. The second-order valence-corrected chi connectivity index (χ2v) is 13.3. The first-order chi connectivity index (χ1) is 17.6. The molecule has 1 aliphatic heterocycles. The molecule has 0 bridgehead atoms. The van der Waals surface area contributed by atoms with Crippen molar-refractivity contribution in [2.24, 2.45) is 0 Å². The zero-order valence-corrected chi connectivity index (χ0v) is 22.4. The van der Waals surface area contributed by atoms with E-state index >= 15 is 0 Å². The summed E-state index contributed by atoms with van der Waals surface area (Å²) < 4.78 is 58.5. The van der Waals surface area contributed by atoms with E-state index in [1.807, 2.05) is 49.3 Å². The third kappa shape index (κ3) is 6.03. The Kier molecular flexibility index (Phi) is 8.01. The van der Waals surface area contributed by atoms with Crippen molar-refractivity contribution in [3.05, 3.63) is 90.0 Å². The Labute approximate surface area is 218 Å². The van der Waals surface area contributed by atoms with Gasteiger partial charge in [-0.2, -0.15) is 0 Å². The molecule has 0 aliphatic carbocycles. The van der Waals surface area contributed by atoms with Gasteiger partial charge in [-0.25, -0.2) is 16.8 Å². The number of benzene rings is 3. The van der Waals surface area contributed by atoms with Crippen LogP contribution in [0.3, 0.4) is 0 Å². The molecule has 0 aromatic heterocycles. The van der Waals surface area contributed by atoms with Crippen LogP contribution in [0.5, 0.6) is 5.75 Å². The van der Waals surface area contributed by atoms with Crippen LogP contribution in [-0.2, 0) is 31.0 Å². The maximum atomic E-state index is 13.4. The maximum Gasteiger partial charge on any atom is 0.260 e. The molecule has 10 heteroatoms. The summed E-state index contributed by atoms with van der Waals surface area (Å²) in [5.41, 5.74) is 1.05. The Morgan fingerprint density at radius 2 is 1.57 bits per heavy atom. The summed E-state index contributed by atoms with van der Waals surface area (Å²) in [7, 11) is -4.02. The van der Waals surface area contributed by atoms with Gasteiger partial charge in [-0.3, -0.25) is 4.79 Å². The molecule has 3 aromatic rings. The SMILES string of the molecule is CN(C)CCN(Cc1ccccc1)C(=O)COc1cccc2c1C(S(=O)(=O)c1ccccc1)CS2(=O)=O. The molecule has 4 rings (SSSR count). The van der Waals surface area contributed by atoms with E-state index < -0.39 is 30.7 Å². The van der Waals surface area contributed by atoms with Crippen molar-refractivity contribution < 1.29 is 26.4 Å². The van der Waals surface area contributed by atoms with Gasteiger partial charge in [0.1, 0.15) is 11.0 Å². The molecule has 196 valence electrons. The van der Waals surface area contributed by atoms with Crippen LogP contribution in [0.1, 0.15) is 16.4 Å². The molecule has 0 saturated carbocycles. The molecule has 1 unspecified atom stereocenters. The summed E-state index contributed by atoms with van der Waals surface area (Å²) in [6, 6.07) is 21.7. The molecule has 0 spiro atoms. The van der Waals surface area contributed by atoms with E-state index in [4.69, 9.17) is 4.74 Å². The first-order valence-corrected chi connectivity index (χ1v) is 15.0. The highest BCUT2D eigenvalue weighted by Crippen LogP contribution is 2.45. The average Bonchev–Trinajstić information content (AvgIpc) is 3.18. The van der Waals surface area contributed by atoms with E-state index in [1.54, 1.807) is 23.1 Å². The van der Waals surface area contributed by atoms with E-state index in [2.05, 4.69) is 0 Å². The van der Waals surface area contributed by atoms with Gasteiger partial charge < -0.3 is 14.5 Å².